The molecule has 0 aromatic heterocycles. The van der Waals surface area contributed by atoms with Gasteiger partial charge in [-0.15, -0.1) is 0 Å². The highest BCUT2D eigenvalue weighted by Gasteiger charge is 2.23. The van der Waals surface area contributed by atoms with Crippen LogP contribution in [0.1, 0.15) is 19.3 Å². The minimum Gasteiger partial charge on any atom is -0.495 e. The van der Waals surface area contributed by atoms with Crippen LogP contribution in [-0.2, 0) is 19.6 Å². The molecule has 30 heavy (non-hydrogen) atoms. The highest BCUT2D eigenvalue weighted by molar-refractivity contribution is 7.92. The average molecular weight is 452 g/mol. The van der Waals surface area contributed by atoms with Crippen molar-refractivity contribution in [1.82, 2.24) is 4.90 Å². The predicted molar refractivity (Wildman–Crippen MR) is 114 cm³/mol. The molecule has 3 rings (SSSR count). The molecule has 0 bridgehead atoms. The fourth-order valence-electron chi connectivity index (χ4n) is 3.11. The lowest BCUT2D eigenvalue weighted by Gasteiger charge is -2.16. The maximum Gasteiger partial charge on any atom is 0.265 e. The Balaban J connectivity index is 1.75. The van der Waals surface area contributed by atoms with E-state index in [1.165, 1.54) is 25.3 Å². The number of para-hydroxylation sites is 1. The molecular weight excluding hydrogens is 430 g/mol. The van der Waals surface area contributed by atoms with E-state index in [0.717, 1.165) is 6.42 Å². The number of sulfonamides is 1. The van der Waals surface area contributed by atoms with E-state index in [9.17, 15) is 18.0 Å². The average Bonchev–Trinajstić information content (AvgIpc) is 3.13. The minimum absolute atomic E-state index is 0.0475. The molecule has 1 heterocycles. The van der Waals surface area contributed by atoms with Crippen LogP contribution in [0.3, 0.4) is 0 Å². The van der Waals surface area contributed by atoms with Crippen LogP contribution in [0.2, 0.25) is 5.02 Å². The summed E-state index contributed by atoms with van der Waals surface area (Å²) in [7, 11) is -2.68. The van der Waals surface area contributed by atoms with Gasteiger partial charge in [0.1, 0.15) is 10.6 Å². The summed E-state index contributed by atoms with van der Waals surface area (Å²) in [4.78, 5) is 25.4. The number of nitrogens with one attached hydrogen (secondary N) is 2. The lowest BCUT2D eigenvalue weighted by atomic mass is 10.3. The number of rotatable bonds is 8. The van der Waals surface area contributed by atoms with Crippen LogP contribution in [0.5, 0.6) is 5.75 Å². The molecule has 0 saturated carbocycles. The minimum atomic E-state index is -4.03. The van der Waals surface area contributed by atoms with Gasteiger partial charge in [0.2, 0.25) is 11.8 Å². The number of methoxy groups -OCH3 is 1. The van der Waals surface area contributed by atoms with Crippen molar-refractivity contribution >= 4 is 44.8 Å². The van der Waals surface area contributed by atoms with E-state index in [0.29, 0.717) is 25.2 Å². The normalized spacial score (nSPS) is 13.9. The van der Waals surface area contributed by atoms with Gasteiger partial charge in [-0.2, -0.15) is 0 Å². The number of anilines is 2. The van der Waals surface area contributed by atoms with Gasteiger partial charge in [0, 0.05) is 31.6 Å². The summed E-state index contributed by atoms with van der Waals surface area (Å²) in [6.07, 6.45) is 1.44. The molecule has 160 valence electrons. The molecule has 1 fully saturated rings. The second-order valence-electron chi connectivity index (χ2n) is 6.73. The standard InChI is InChI=1S/C20H22ClN3O5S/c1-29-17-9-8-14(22-19(25)10-12-24-11-4-7-20(24)26)13-18(17)30(27,28)23-16-6-3-2-5-15(16)21/h2-3,5-6,8-9,13,23H,4,7,10-12H2,1H3,(H,22,25). The van der Waals surface area contributed by atoms with Crippen molar-refractivity contribution in [2.24, 2.45) is 0 Å². The molecule has 1 aliphatic rings. The van der Waals surface area contributed by atoms with Gasteiger partial charge in [0.15, 0.2) is 0 Å². The number of halogens is 1. The van der Waals surface area contributed by atoms with E-state index >= 15 is 0 Å². The number of nitrogens with zero attached hydrogens (tertiary/aromatic N) is 1. The highest BCUT2D eigenvalue weighted by atomic mass is 35.5. The molecular formula is C20H22ClN3O5S. The van der Waals surface area contributed by atoms with Crippen LogP contribution in [0.15, 0.2) is 47.4 Å². The van der Waals surface area contributed by atoms with Crippen LogP contribution in [0.4, 0.5) is 11.4 Å². The summed E-state index contributed by atoms with van der Waals surface area (Å²) < 4.78 is 33.4. The number of hydrogen-bond acceptors (Lipinski definition) is 5. The zero-order valence-electron chi connectivity index (χ0n) is 16.4. The highest BCUT2D eigenvalue weighted by Crippen LogP contribution is 2.30. The Bertz CT molecular complexity index is 1060. The number of benzene rings is 2. The topological polar surface area (TPSA) is 105 Å². The summed E-state index contributed by atoms with van der Waals surface area (Å²) >= 11 is 6.05. The van der Waals surface area contributed by atoms with Crippen molar-refractivity contribution in [1.29, 1.82) is 0 Å². The van der Waals surface area contributed by atoms with E-state index < -0.39 is 10.0 Å². The molecule has 2 amide bonds. The summed E-state index contributed by atoms with van der Waals surface area (Å²) in [5.41, 5.74) is 0.527. The third-order valence-corrected chi connectivity index (χ3v) is 6.35. The first-order valence-corrected chi connectivity index (χ1v) is 11.2. The first-order chi connectivity index (χ1) is 14.3. The molecule has 0 unspecified atom stereocenters. The largest absolute Gasteiger partial charge is 0.495 e. The number of carbonyl (C=O) groups excluding carboxylic acids is 2. The summed E-state index contributed by atoms with van der Waals surface area (Å²) in [6.45, 7) is 0.991. The molecule has 1 saturated heterocycles. The van der Waals surface area contributed by atoms with Gasteiger partial charge in [-0.25, -0.2) is 8.42 Å². The van der Waals surface area contributed by atoms with E-state index in [4.69, 9.17) is 16.3 Å². The van der Waals surface area contributed by atoms with Crippen LogP contribution in [-0.4, -0.2) is 45.3 Å². The van der Waals surface area contributed by atoms with Gasteiger partial charge in [-0.1, -0.05) is 23.7 Å². The lowest BCUT2D eigenvalue weighted by Crippen LogP contribution is -2.28. The van der Waals surface area contributed by atoms with E-state index in [-0.39, 0.29) is 39.6 Å². The van der Waals surface area contributed by atoms with Gasteiger partial charge in [0.05, 0.1) is 17.8 Å². The Kier molecular flexibility index (Phi) is 6.84. The molecule has 2 aromatic carbocycles. The van der Waals surface area contributed by atoms with Crippen molar-refractivity contribution in [3.63, 3.8) is 0 Å². The molecule has 0 aliphatic carbocycles. The molecule has 2 N–H and O–H groups in total. The smallest absolute Gasteiger partial charge is 0.265 e. The Labute approximate surface area is 180 Å². The molecule has 8 nitrogen and oxygen atoms in total. The van der Waals surface area contributed by atoms with E-state index in [1.807, 2.05) is 0 Å². The summed E-state index contributed by atoms with van der Waals surface area (Å²) in [6, 6.07) is 10.8. The van der Waals surface area contributed by atoms with Crippen molar-refractivity contribution in [2.75, 3.05) is 30.2 Å². The second kappa shape index (κ2) is 9.36. The van der Waals surface area contributed by atoms with E-state index in [1.54, 1.807) is 29.2 Å². The zero-order chi connectivity index (χ0) is 21.7. The molecule has 1 aliphatic heterocycles. The van der Waals surface area contributed by atoms with Gasteiger partial charge in [0.25, 0.3) is 10.0 Å². The molecule has 0 spiro atoms. The Morgan fingerprint density at radius 3 is 2.67 bits per heavy atom. The number of hydrogen-bond donors (Lipinski definition) is 2. The van der Waals surface area contributed by atoms with Gasteiger partial charge in [-0.3, -0.25) is 14.3 Å². The predicted octanol–water partition coefficient (Wildman–Crippen LogP) is 3.10. The van der Waals surface area contributed by atoms with Crippen LogP contribution in [0, 0.1) is 0 Å². The first kappa shape index (κ1) is 21.9. The van der Waals surface area contributed by atoms with Gasteiger partial charge in [-0.05, 0) is 36.8 Å². The molecule has 0 radical (unpaired) electrons. The Hall–Kier alpha value is -2.78. The fraction of sp³-hybridized carbons (Fsp3) is 0.300. The number of ether oxygens (including phenoxy) is 1. The maximum absolute atomic E-state index is 12.9. The Morgan fingerprint density at radius 2 is 2.00 bits per heavy atom. The zero-order valence-corrected chi connectivity index (χ0v) is 17.9. The third kappa shape index (κ3) is 5.22. The van der Waals surface area contributed by atoms with Crippen molar-refractivity contribution in [3.8, 4) is 5.75 Å². The third-order valence-electron chi connectivity index (χ3n) is 4.64. The number of likely N-dealkylation sites (tertiary alicyclic amines) is 1. The Morgan fingerprint density at radius 1 is 1.23 bits per heavy atom. The van der Waals surface area contributed by atoms with Crippen molar-refractivity contribution in [2.45, 2.75) is 24.2 Å². The van der Waals surface area contributed by atoms with Gasteiger partial charge < -0.3 is 15.0 Å². The van der Waals surface area contributed by atoms with Crippen LogP contribution in [0.25, 0.3) is 0 Å². The van der Waals surface area contributed by atoms with Crippen molar-refractivity contribution in [3.05, 3.63) is 47.5 Å². The lowest BCUT2D eigenvalue weighted by molar-refractivity contribution is -0.128. The SMILES string of the molecule is COc1ccc(NC(=O)CCN2CCCC2=O)cc1S(=O)(=O)Nc1ccccc1Cl. The summed E-state index contributed by atoms with van der Waals surface area (Å²) in [5.74, 6) is -0.149. The maximum atomic E-state index is 12.9. The first-order valence-electron chi connectivity index (χ1n) is 9.33. The molecule has 2 aromatic rings. The van der Waals surface area contributed by atoms with Gasteiger partial charge >= 0.3 is 0 Å². The quantitative estimate of drug-likeness (QED) is 0.641. The monoisotopic (exact) mass is 451 g/mol. The summed E-state index contributed by atoms with van der Waals surface area (Å²) in [5, 5.41) is 2.92. The second-order valence-corrected chi connectivity index (χ2v) is 8.79. The molecule has 10 heteroatoms. The number of amides is 2. The van der Waals surface area contributed by atoms with E-state index in [2.05, 4.69) is 10.0 Å². The fourth-order valence-corrected chi connectivity index (χ4v) is 4.62. The van der Waals surface area contributed by atoms with Crippen LogP contribution < -0.4 is 14.8 Å². The van der Waals surface area contributed by atoms with Crippen molar-refractivity contribution < 1.29 is 22.7 Å². The molecule has 0 atom stereocenters. The van der Waals surface area contributed by atoms with Crippen LogP contribution >= 0.6 is 11.6 Å². The number of carbonyl (C=O) groups is 2.